The Morgan fingerprint density at radius 3 is 2.81 bits per heavy atom. The van der Waals surface area contributed by atoms with Crippen LogP contribution in [0.4, 0.5) is 0 Å². The average molecular weight is 394 g/mol. The van der Waals surface area contributed by atoms with Gasteiger partial charge < -0.3 is 5.32 Å². The van der Waals surface area contributed by atoms with Crippen molar-refractivity contribution in [1.29, 1.82) is 0 Å². The molecule has 148 valence electrons. The van der Waals surface area contributed by atoms with Gasteiger partial charge in [0, 0.05) is 25.7 Å². The Morgan fingerprint density at radius 1 is 1.33 bits per heavy atom. The predicted molar refractivity (Wildman–Crippen MR) is 103 cm³/mol. The number of benzene rings is 1. The summed E-state index contributed by atoms with van der Waals surface area (Å²) in [6.45, 7) is 4.89. The second-order valence-electron chi connectivity index (χ2n) is 7.40. The lowest BCUT2D eigenvalue weighted by molar-refractivity contribution is -0.130. The van der Waals surface area contributed by atoms with Gasteiger partial charge in [0.1, 0.15) is 0 Å². The Balaban J connectivity index is 1.64. The molecule has 2 aliphatic heterocycles. The minimum absolute atomic E-state index is 0.0564. The van der Waals surface area contributed by atoms with Gasteiger partial charge in [-0.05, 0) is 25.3 Å². The molecule has 8 heteroatoms. The van der Waals surface area contributed by atoms with Gasteiger partial charge in [0.25, 0.3) is 5.91 Å². The highest BCUT2D eigenvalue weighted by Crippen LogP contribution is 2.25. The first kappa shape index (κ1) is 19.8. The first-order chi connectivity index (χ1) is 12.8. The third-order valence-electron chi connectivity index (χ3n) is 5.15. The van der Waals surface area contributed by atoms with Crippen LogP contribution in [0.5, 0.6) is 0 Å². The molecule has 2 amide bonds. The fourth-order valence-electron chi connectivity index (χ4n) is 3.90. The van der Waals surface area contributed by atoms with E-state index in [1.54, 1.807) is 0 Å². The second-order valence-corrected chi connectivity index (χ2v) is 9.42. The number of hydrogen-bond donors (Lipinski definition) is 1. The Kier molecular flexibility index (Phi) is 5.86. The molecule has 0 bridgehead atoms. The molecule has 27 heavy (non-hydrogen) atoms. The SMILES string of the molecule is CCCN1C(=O)[C@@H]2C[C@H](NC(=O)Cc3cccc(C)c3)CN2CCS1(=O)=O. The number of nitrogens with zero attached hydrogens (tertiary/aromatic N) is 2. The maximum Gasteiger partial charge on any atom is 0.253 e. The molecule has 2 heterocycles. The average Bonchev–Trinajstić information content (AvgIpc) is 2.96. The van der Waals surface area contributed by atoms with Crippen LogP contribution in [0.3, 0.4) is 0 Å². The lowest BCUT2D eigenvalue weighted by Gasteiger charge is -2.23. The summed E-state index contributed by atoms with van der Waals surface area (Å²) in [6.07, 6.45) is 1.34. The molecule has 7 nitrogen and oxygen atoms in total. The van der Waals surface area contributed by atoms with Crippen molar-refractivity contribution in [1.82, 2.24) is 14.5 Å². The first-order valence-electron chi connectivity index (χ1n) is 9.43. The van der Waals surface area contributed by atoms with Gasteiger partial charge in [0.05, 0.1) is 18.2 Å². The lowest BCUT2D eigenvalue weighted by atomic mass is 10.1. The van der Waals surface area contributed by atoms with E-state index in [9.17, 15) is 18.0 Å². The molecule has 0 saturated carbocycles. The van der Waals surface area contributed by atoms with E-state index >= 15 is 0 Å². The molecular formula is C19H27N3O4S. The predicted octanol–water partition coefficient (Wildman–Crippen LogP) is 0.679. The molecular weight excluding hydrogens is 366 g/mol. The minimum Gasteiger partial charge on any atom is -0.352 e. The lowest BCUT2D eigenvalue weighted by Crippen LogP contribution is -2.44. The monoisotopic (exact) mass is 393 g/mol. The molecule has 0 radical (unpaired) electrons. The Hall–Kier alpha value is -1.93. The number of amides is 2. The van der Waals surface area contributed by atoms with Crippen molar-refractivity contribution in [2.75, 3.05) is 25.4 Å². The van der Waals surface area contributed by atoms with Crippen molar-refractivity contribution in [3.8, 4) is 0 Å². The highest BCUT2D eigenvalue weighted by molar-refractivity contribution is 7.89. The first-order valence-corrected chi connectivity index (χ1v) is 11.0. The van der Waals surface area contributed by atoms with E-state index < -0.39 is 16.1 Å². The zero-order valence-corrected chi connectivity index (χ0v) is 16.7. The van der Waals surface area contributed by atoms with Gasteiger partial charge >= 0.3 is 0 Å². The number of sulfonamides is 1. The van der Waals surface area contributed by atoms with Crippen molar-refractivity contribution in [2.45, 2.75) is 45.2 Å². The van der Waals surface area contributed by atoms with Gasteiger partial charge in [-0.2, -0.15) is 0 Å². The fourth-order valence-corrected chi connectivity index (χ4v) is 5.44. The molecule has 3 rings (SSSR count). The number of carbonyl (C=O) groups is 2. The van der Waals surface area contributed by atoms with Crippen LogP contribution in [0.25, 0.3) is 0 Å². The van der Waals surface area contributed by atoms with Crippen molar-refractivity contribution in [3.63, 3.8) is 0 Å². The van der Waals surface area contributed by atoms with Gasteiger partial charge in [-0.3, -0.25) is 14.5 Å². The highest BCUT2D eigenvalue weighted by atomic mass is 32.2. The Morgan fingerprint density at radius 2 is 2.11 bits per heavy atom. The smallest absolute Gasteiger partial charge is 0.253 e. The summed E-state index contributed by atoms with van der Waals surface area (Å²) in [7, 11) is -3.54. The van der Waals surface area contributed by atoms with Crippen molar-refractivity contribution in [2.24, 2.45) is 0 Å². The molecule has 0 aliphatic carbocycles. The van der Waals surface area contributed by atoms with Crippen LogP contribution in [0.2, 0.25) is 0 Å². The molecule has 0 spiro atoms. The van der Waals surface area contributed by atoms with Crippen LogP contribution in [0.1, 0.15) is 30.9 Å². The number of fused-ring (bicyclic) bond motifs is 1. The maximum absolute atomic E-state index is 12.8. The van der Waals surface area contributed by atoms with Gasteiger partial charge in [-0.1, -0.05) is 36.8 Å². The zero-order chi connectivity index (χ0) is 19.6. The van der Waals surface area contributed by atoms with E-state index in [-0.39, 0.29) is 30.2 Å². The van der Waals surface area contributed by atoms with Gasteiger partial charge in [-0.15, -0.1) is 0 Å². The van der Waals surface area contributed by atoms with E-state index in [0.717, 1.165) is 15.4 Å². The molecule has 1 aromatic rings. The van der Waals surface area contributed by atoms with Crippen LogP contribution in [-0.2, 0) is 26.0 Å². The summed E-state index contributed by atoms with van der Waals surface area (Å²) in [6, 6.07) is 7.21. The van der Waals surface area contributed by atoms with Crippen molar-refractivity contribution in [3.05, 3.63) is 35.4 Å². The summed E-state index contributed by atoms with van der Waals surface area (Å²) < 4.78 is 25.7. The van der Waals surface area contributed by atoms with Crippen LogP contribution >= 0.6 is 0 Å². The molecule has 0 unspecified atom stereocenters. The summed E-state index contributed by atoms with van der Waals surface area (Å²) in [5.41, 5.74) is 2.06. The van der Waals surface area contributed by atoms with Gasteiger partial charge in [0.2, 0.25) is 15.9 Å². The third kappa shape index (κ3) is 4.50. The van der Waals surface area contributed by atoms with E-state index in [4.69, 9.17) is 0 Å². The highest BCUT2D eigenvalue weighted by Gasteiger charge is 2.44. The molecule has 0 aromatic heterocycles. The van der Waals surface area contributed by atoms with Crippen LogP contribution < -0.4 is 5.32 Å². The largest absolute Gasteiger partial charge is 0.352 e. The summed E-state index contributed by atoms with van der Waals surface area (Å²) in [4.78, 5) is 27.1. The number of carbonyl (C=O) groups excluding carboxylic acids is 2. The van der Waals surface area contributed by atoms with Crippen LogP contribution in [-0.4, -0.2) is 66.9 Å². The maximum atomic E-state index is 12.8. The number of aryl methyl sites for hydroxylation is 1. The normalized spacial score (nSPS) is 25.1. The molecule has 1 N–H and O–H groups in total. The Bertz CT molecular complexity index is 824. The van der Waals surface area contributed by atoms with E-state index in [0.29, 0.717) is 32.4 Å². The quantitative estimate of drug-likeness (QED) is 0.795. The topological polar surface area (TPSA) is 86.8 Å². The van der Waals surface area contributed by atoms with E-state index in [1.165, 1.54) is 0 Å². The zero-order valence-electron chi connectivity index (χ0n) is 15.8. The number of nitrogens with one attached hydrogen (secondary N) is 1. The summed E-state index contributed by atoms with van der Waals surface area (Å²) in [5, 5.41) is 3.01. The van der Waals surface area contributed by atoms with Crippen molar-refractivity contribution >= 4 is 21.8 Å². The minimum atomic E-state index is -3.54. The molecule has 2 aliphatic rings. The van der Waals surface area contributed by atoms with Crippen LogP contribution in [0.15, 0.2) is 24.3 Å². The molecule has 1 aromatic carbocycles. The van der Waals surface area contributed by atoms with Crippen molar-refractivity contribution < 1.29 is 18.0 Å². The second kappa shape index (κ2) is 7.98. The molecule has 2 atom stereocenters. The van der Waals surface area contributed by atoms with E-state index in [2.05, 4.69) is 5.32 Å². The van der Waals surface area contributed by atoms with Gasteiger partial charge in [0.15, 0.2) is 0 Å². The molecule has 2 fully saturated rings. The van der Waals surface area contributed by atoms with E-state index in [1.807, 2.05) is 43.0 Å². The standard InChI is InChI=1S/C19H27N3O4S/c1-3-7-22-19(24)17-12-16(13-21(17)8-9-27(22,25)26)20-18(23)11-15-6-4-5-14(2)10-15/h4-6,10,16-17H,3,7-9,11-13H2,1-2H3,(H,20,23)/t16-,17-/m0/s1. The van der Waals surface area contributed by atoms with Gasteiger partial charge in [-0.25, -0.2) is 12.7 Å². The summed E-state index contributed by atoms with van der Waals surface area (Å²) in [5.74, 6) is -0.488. The molecule has 2 saturated heterocycles. The number of hydrogen-bond acceptors (Lipinski definition) is 5. The summed E-state index contributed by atoms with van der Waals surface area (Å²) >= 11 is 0. The number of rotatable bonds is 5. The third-order valence-corrected chi connectivity index (χ3v) is 6.88. The fraction of sp³-hybridized carbons (Fsp3) is 0.579. The Labute approximate surface area is 160 Å². The van der Waals surface area contributed by atoms with Crippen LogP contribution in [0, 0.1) is 6.92 Å².